The average Bonchev–Trinajstić information content (AvgIpc) is 1.70. The van der Waals surface area contributed by atoms with Crippen LogP contribution in [0.4, 0.5) is 0 Å². The molecule has 0 spiro atoms. The summed E-state index contributed by atoms with van der Waals surface area (Å²) in [5.74, 6) is 0. The summed E-state index contributed by atoms with van der Waals surface area (Å²) in [5, 5.41) is 24.8. The van der Waals surface area contributed by atoms with E-state index < -0.39 is 19.4 Å². The van der Waals surface area contributed by atoms with E-state index in [1.807, 2.05) is 0 Å². The summed E-state index contributed by atoms with van der Waals surface area (Å²) in [6, 6.07) is 0. The zero-order valence-electron chi connectivity index (χ0n) is 4.48. The number of hydrogen-bond donors (Lipinski definition) is 0. The second kappa shape index (κ2) is 90.1. The predicted octanol–water partition coefficient (Wildman–Crippen LogP) is -4.90. The van der Waals surface area contributed by atoms with Crippen LogP contribution in [0.1, 0.15) is 0 Å². The van der Waals surface area contributed by atoms with E-state index in [-0.39, 0.29) is 22.4 Å². The van der Waals surface area contributed by atoms with Crippen molar-refractivity contribution in [3.63, 3.8) is 0 Å². The van der Waals surface area contributed by atoms with Gasteiger partial charge in [-0.1, -0.05) is 0 Å². The van der Waals surface area contributed by atoms with Gasteiger partial charge in [0.25, 0.3) is 0 Å². The summed E-state index contributed by atoms with van der Waals surface area (Å²) in [4.78, 5) is 24.8. The van der Waals surface area contributed by atoms with Crippen LogP contribution in [0.25, 0.3) is 0 Å². The molecule has 0 fully saturated rings. The smallest absolute Gasteiger partial charge is 0.554 e. The number of hydrogen-bond acceptors (Lipinski definition) is 6. The summed E-state index contributed by atoms with van der Waals surface area (Å²) >= 11 is 0. The average molecular weight is 332 g/mol. The van der Waals surface area contributed by atoms with E-state index in [1.165, 1.54) is 0 Å². The van der Waals surface area contributed by atoms with Gasteiger partial charge in [0.2, 0.25) is 0 Å². The molecule has 0 heterocycles. The van der Waals surface area contributed by atoms with Crippen LogP contribution in [0.5, 0.6) is 0 Å². The van der Waals surface area contributed by atoms with E-state index in [4.69, 9.17) is 29.7 Å². The van der Waals surface area contributed by atoms with Crippen molar-refractivity contribution in [3.05, 3.63) is 0 Å². The van der Waals surface area contributed by atoms with Crippen LogP contribution in [-0.2, 0) is 36.8 Å². The number of carboxylic acid groups (broad SMARTS) is 3. The van der Waals surface area contributed by atoms with Crippen LogP contribution in [-0.4, -0.2) is 19.4 Å². The van der Waals surface area contributed by atoms with E-state index in [0.717, 1.165) is 0 Å². The number of carbonyl (C=O) groups excluding carboxylic acids is 3. The first-order valence-corrected chi connectivity index (χ1v) is 1.41. The summed E-state index contributed by atoms with van der Waals surface area (Å²) in [6.07, 6.45) is 0. The molecule has 0 rings (SSSR count). The molecule has 0 aromatic rings. The van der Waals surface area contributed by atoms with Gasteiger partial charge in [0, 0.05) is 19.4 Å². The van der Waals surface area contributed by atoms with E-state index >= 15 is 0 Å². The SMILES string of the molecule is O=C[O-].O=C[O-].O=C[O-].[Au+3]. The minimum Gasteiger partial charge on any atom is -0.554 e. The van der Waals surface area contributed by atoms with Crippen LogP contribution in [0.3, 0.4) is 0 Å². The topological polar surface area (TPSA) is 120 Å². The molecule has 10 heavy (non-hydrogen) atoms. The molecule has 7 heteroatoms. The normalized spacial score (nSPS) is 3.60. The molecule has 0 radical (unpaired) electrons. The Bertz CT molecular complexity index is 49.7. The molecule has 6 nitrogen and oxygen atoms in total. The fourth-order valence-electron chi connectivity index (χ4n) is 0. The van der Waals surface area contributed by atoms with Gasteiger partial charge in [-0.15, -0.1) is 0 Å². The van der Waals surface area contributed by atoms with Crippen LogP contribution < -0.4 is 15.3 Å². The second-order valence-corrected chi connectivity index (χ2v) is 0.289. The van der Waals surface area contributed by atoms with E-state index in [1.54, 1.807) is 0 Å². The fraction of sp³-hybridized carbons (Fsp3) is 0. The molecule has 0 unspecified atom stereocenters. The summed E-state index contributed by atoms with van der Waals surface area (Å²) in [7, 11) is 0. The van der Waals surface area contributed by atoms with E-state index in [0.29, 0.717) is 0 Å². The van der Waals surface area contributed by atoms with Gasteiger partial charge in [-0.3, -0.25) is 0 Å². The Morgan fingerprint density at radius 1 is 0.700 bits per heavy atom. The van der Waals surface area contributed by atoms with Gasteiger partial charge in [0.15, 0.2) is 0 Å². The Morgan fingerprint density at radius 2 is 0.700 bits per heavy atom. The van der Waals surface area contributed by atoms with Crippen LogP contribution >= 0.6 is 0 Å². The minimum atomic E-state index is -0.500. The van der Waals surface area contributed by atoms with Gasteiger partial charge >= 0.3 is 22.4 Å². The minimum absolute atomic E-state index is 0. The Morgan fingerprint density at radius 3 is 0.700 bits per heavy atom. The zero-order chi connectivity index (χ0) is 8.12. The van der Waals surface area contributed by atoms with Crippen molar-refractivity contribution in [2.24, 2.45) is 0 Å². The van der Waals surface area contributed by atoms with E-state index in [9.17, 15) is 0 Å². The van der Waals surface area contributed by atoms with Gasteiger partial charge in [-0.05, 0) is 0 Å². The number of carbonyl (C=O) groups is 3. The Balaban J connectivity index is -0.0000000257. The van der Waals surface area contributed by atoms with Crippen molar-refractivity contribution < 1.29 is 52.1 Å². The van der Waals surface area contributed by atoms with Crippen molar-refractivity contribution in [1.29, 1.82) is 0 Å². The molecule has 0 N–H and O–H groups in total. The van der Waals surface area contributed by atoms with Gasteiger partial charge in [0.05, 0.1) is 0 Å². The molecule has 62 valence electrons. The summed E-state index contributed by atoms with van der Waals surface area (Å²) < 4.78 is 0. The van der Waals surface area contributed by atoms with Crippen molar-refractivity contribution in [1.82, 2.24) is 0 Å². The summed E-state index contributed by atoms with van der Waals surface area (Å²) in [5.41, 5.74) is 0. The second-order valence-electron chi connectivity index (χ2n) is 0.289. The van der Waals surface area contributed by atoms with Gasteiger partial charge < -0.3 is 29.7 Å². The first kappa shape index (κ1) is 22.9. The Hall–Kier alpha value is -0.850. The molecule has 0 saturated heterocycles. The third-order valence-corrected chi connectivity index (χ3v) is 0. The third kappa shape index (κ3) is 375. The first-order chi connectivity index (χ1) is 4.24. The standard InChI is InChI=1S/3CH2O2.Au/c3*2-1-3;/h3*1H,(H,2,3);/q;;;+3/p-3. The molecule has 0 atom stereocenters. The third-order valence-electron chi connectivity index (χ3n) is 0. The Kier molecular flexibility index (Phi) is 207. The monoisotopic (exact) mass is 332 g/mol. The van der Waals surface area contributed by atoms with E-state index in [2.05, 4.69) is 0 Å². The molecule has 0 aromatic heterocycles. The number of rotatable bonds is 0. The van der Waals surface area contributed by atoms with Crippen LogP contribution in [0, 0.1) is 0 Å². The van der Waals surface area contributed by atoms with Crippen molar-refractivity contribution in [2.75, 3.05) is 0 Å². The molecule has 0 aliphatic rings. The molecule has 0 amide bonds. The van der Waals surface area contributed by atoms with Crippen LogP contribution in [0.15, 0.2) is 0 Å². The van der Waals surface area contributed by atoms with Gasteiger partial charge in [-0.25, -0.2) is 0 Å². The molecular formula is C3H3AuO6. The van der Waals surface area contributed by atoms with Crippen molar-refractivity contribution in [2.45, 2.75) is 0 Å². The van der Waals surface area contributed by atoms with Crippen molar-refractivity contribution >= 4 is 19.4 Å². The summed E-state index contributed by atoms with van der Waals surface area (Å²) in [6.45, 7) is -1.50. The predicted molar refractivity (Wildman–Crippen MR) is 18.2 cm³/mol. The molecule has 0 saturated carbocycles. The molecule has 0 aliphatic carbocycles. The fourth-order valence-corrected chi connectivity index (χ4v) is 0. The molecule has 0 bridgehead atoms. The van der Waals surface area contributed by atoms with Crippen LogP contribution in [0.2, 0.25) is 0 Å². The first-order valence-electron chi connectivity index (χ1n) is 1.41. The van der Waals surface area contributed by atoms with Gasteiger partial charge in [0.1, 0.15) is 0 Å². The Labute approximate surface area is 72.0 Å². The molecule has 0 aromatic carbocycles. The molecule has 0 aliphatic heterocycles. The largest absolute Gasteiger partial charge is 3.00 e. The maximum absolute atomic E-state index is 8.25. The van der Waals surface area contributed by atoms with Gasteiger partial charge in [-0.2, -0.15) is 0 Å². The quantitative estimate of drug-likeness (QED) is 0.324. The zero-order valence-corrected chi connectivity index (χ0v) is 6.65. The maximum atomic E-state index is 8.25. The maximum Gasteiger partial charge on any atom is 3.00 e. The molecular weight excluding hydrogens is 329 g/mol. The van der Waals surface area contributed by atoms with Crippen molar-refractivity contribution in [3.8, 4) is 0 Å².